The molecule has 0 saturated carbocycles. The van der Waals surface area contributed by atoms with Crippen LogP contribution in [0.2, 0.25) is 5.02 Å². The first-order valence-electron chi connectivity index (χ1n) is 7.79. The fraction of sp³-hybridized carbons (Fsp3) is 0.211. The molecule has 0 aromatic heterocycles. The molecule has 2 aliphatic rings. The van der Waals surface area contributed by atoms with E-state index in [0.717, 1.165) is 12.0 Å². The SMILES string of the molecule is O=C1C(=Cc2cc(Cl)c3c(c2)OCCCO3)Cc2c(O)cccc21. The maximum Gasteiger partial charge on any atom is 0.189 e. The molecule has 0 saturated heterocycles. The van der Waals surface area contributed by atoms with Crippen molar-refractivity contribution >= 4 is 23.5 Å². The summed E-state index contributed by atoms with van der Waals surface area (Å²) in [5.41, 5.74) is 2.63. The molecular formula is C19H15ClO4. The standard InChI is InChI=1S/C19H15ClO4/c20-15-8-11(9-17-19(15)24-6-2-5-23-17)7-12-10-14-13(18(12)22)3-1-4-16(14)21/h1,3-4,7-9,21H,2,5-6,10H2. The second-order valence-electron chi connectivity index (χ2n) is 5.86. The number of carbonyl (C=O) groups is 1. The smallest absolute Gasteiger partial charge is 0.189 e. The van der Waals surface area contributed by atoms with Gasteiger partial charge in [0, 0.05) is 29.5 Å². The van der Waals surface area contributed by atoms with Crippen molar-refractivity contribution < 1.29 is 19.4 Å². The molecule has 0 atom stereocenters. The van der Waals surface area contributed by atoms with Crippen LogP contribution in [0.4, 0.5) is 0 Å². The highest BCUT2D eigenvalue weighted by Gasteiger charge is 2.27. The maximum absolute atomic E-state index is 12.5. The Morgan fingerprint density at radius 3 is 2.83 bits per heavy atom. The van der Waals surface area contributed by atoms with Crippen molar-refractivity contribution in [1.82, 2.24) is 0 Å². The Labute approximate surface area is 144 Å². The molecule has 2 aromatic carbocycles. The highest BCUT2D eigenvalue weighted by molar-refractivity contribution is 6.32. The molecule has 0 spiro atoms. The highest BCUT2D eigenvalue weighted by Crippen LogP contribution is 2.39. The van der Waals surface area contributed by atoms with Crippen LogP contribution in [0.3, 0.4) is 0 Å². The number of benzene rings is 2. The maximum atomic E-state index is 12.5. The Balaban J connectivity index is 1.73. The summed E-state index contributed by atoms with van der Waals surface area (Å²) in [6, 6.07) is 8.60. The van der Waals surface area contributed by atoms with Crippen LogP contribution in [0.5, 0.6) is 17.2 Å². The van der Waals surface area contributed by atoms with Gasteiger partial charge in [0.1, 0.15) is 5.75 Å². The first kappa shape index (κ1) is 15.1. The summed E-state index contributed by atoms with van der Waals surface area (Å²) in [7, 11) is 0. The molecular weight excluding hydrogens is 328 g/mol. The zero-order chi connectivity index (χ0) is 16.7. The van der Waals surface area contributed by atoms with E-state index in [0.29, 0.717) is 52.9 Å². The molecule has 1 aliphatic heterocycles. The Bertz CT molecular complexity index is 870. The van der Waals surface area contributed by atoms with Gasteiger partial charge in [-0.15, -0.1) is 0 Å². The van der Waals surface area contributed by atoms with Crippen LogP contribution < -0.4 is 9.47 Å². The minimum atomic E-state index is -0.0656. The number of ketones is 1. The lowest BCUT2D eigenvalue weighted by atomic mass is 10.1. The number of phenols is 1. The minimum absolute atomic E-state index is 0.0656. The Morgan fingerprint density at radius 2 is 2.00 bits per heavy atom. The summed E-state index contributed by atoms with van der Waals surface area (Å²) in [5, 5.41) is 10.4. The third kappa shape index (κ3) is 2.53. The van der Waals surface area contributed by atoms with Gasteiger partial charge in [0.05, 0.1) is 18.2 Å². The molecule has 2 aromatic rings. The fourth-order valence-electron chi connectivity index (χ4n) is 3.07. The summed E-state index contributed by atoms with van der Waals surface area (Å²) in [5.74, 6) is 1.23. The molecule has 24 heavy (non-hydrogen) atoms. The quantitative estimate of drug-likeness (QED) is 0.795. The summed E-state index contributed by atoms with van der Waals surface area (Å²) in [6.07, 6.45) is 3.00. The van der Waals surface area contributed by atoms with E-state index in [1.807, 2.05) is 6.07 Å². The first-order valence-corrected chi connectivity index (χ1v) is 8.16. The number of carbonyl (C=O) groups excluding carboxylic acids is 1. The van der Waals surface area contributed by atoms with E-state index in [-0.39, 0.29) is 11.5 Å². The zero-order valence-corrected chi connectivity index (χ0v) is 13.6. The predicted molar refractivity (Wildman–Crippen MR) is 91.2 cm³/mol. The van der Waals surface area contributed by atoms with E-state index in [1.165, 1.54) is 0 Å². The van der Waals surface area contributed by atoms with Crippen LogP contribution >= 0.6 is 11.6 Å². The lowest BCUT2D eigenvalue weighted by molar-refractivity contribution is 0.104. The molecule has 1 N–H and O–H groups in total. The molecule has 0 bridgehead atoms. The topological polar surface area (TPSA) is 55.8 Å². The van der Waals surface area contributed by atoms with Crippen molar-refractivity contribution in [2.75, 3.05) is 13.2 Å². The molecule has 0 amide bonds. The monoisotopic (exact) mass is 342 g/mol. The molecule has 1 aliphatic carbocycles. The Morgan fingerprint density at radius 1 is 1.17 bits per heavy atom. The number of aromatic hydroxyl groups is 1. The molecule has 4 nitrogen and oxygen atoms in total. The summed E-state index contributed by atoms with van der Waals surface area (Å²) >= 11 is 6.30. The van der Waals surface area contributed by atoms with Crippen molar-refractivity contribution in [2.24, 2.45) is 0 Å². The van der Waals surface area contributed by atoms with Crippen LogP contribution in [-0.2, 0) is 6.42 Å². The lowest BCUT2D eigenvalue weighted by Gasteiger charge is -2.10. The molecule has 122 valence electrons. The van der Waals surface area contributed by atoms with Crippen molar-refractivity contribution in [3.05, 3.63) is 57.6 Å². The van der Waals surface area contributed by atoms with Gasteiger partial charge in [-0.1, -0.05) is 23.7 Å². The number of fused-ring (bicyclic) bond motifs is 2. The fourth-order valence-corrected chi connectivity index (χ4v) is 3.34. The van der Waals surface area contributed by atoms with Crippen LogP contribution in [0.1, 0.15) is 27.9 Å². The average molecular weight is 343 g/mol. The van der Waals surface area contributed by atoms with E-state index in [9.17, 15) is 9.90 Å². The van der Waals surface area contributed by atoms with E-state index in [1.54, 1.807) is 30.3 Å². The summed E-state index contributed by atoms with van der Waals surface area (Å²) in [4.78, 5) is 12.5. The summed E-state index contributed by atoms with van der Waals surface area (Å²) in [6.45, 7) is 1.14. The van der Waals surface area contributed by atoms with Gasteiger partial charge in [-0.2, -0.15) is 0 Å². The largest absolute Gasteiger partial charge is 0.508 e. The third-order valence-electron chi connectivity index (χ3n) is 4.22. The number of halogens is 1. The Kier molecular flexibility index (Phi) is 3.69. The number of ether oxygens (including phenoxy) is 2. The lowest BCUT2D eigenvalue weighted by Crippen LogP contribution is -1.97. The number of rotatable bonds is 1. The van der Waals surface area contributed by atoms with Gasteiger partial charge in [0.15, 0.2) is 17.3 Å². The van der Waals surface area contributed by atoms with Gasteiger partial charge < -0.3 is 14.6 Å². The molecule has 1 heterocycles. The highest BCUT2D eigenvalue weighted by atomic mass is 35.5. The van der Waals surface area contributed by atoms with Crippen molar-refractivity contribution in [3.63, 3.8) is 0 Å². The second-order valence-corrected chi connectivity index (χ2v) is 6.27. The third-order valence-corrected chi connectivity index (χ3v) is 4.50. The molecule has 4 rings (SSSR count). The van der Waals surface area contributed by atoms with Crippen LogP contribution in [0.15, 0.2) is 35.9 Å². The molecule has 0 fully saturated rings. The Hall–Kier alpha value is -2.46. The zero-order valence-electron chi connectivity index (χ0n) is 12.8. The van der Waals surface area contributed by atoms with E-state index in [2.05, 4.69) is 0 Å². The van der Waals surface area contributed by atoms with Crippen LogP contribution in [-0.4, -0.2) is 24.1 Å². The van der Waals surface area contributed by atoms with Crippen LogP contribution in [0.25, 0.3) is 6.08 Å². The first-order chi connectivity index (χ1) is 11.6. The van der Waals surface area contributed by atoms with E-state index in [4.69, 9.17) is 21.1 Å². The van der Waals surface area contributed by atoms with Crippen LogP contribution in [0, 0.1) is 0 Å². The second kappa shape index (κ2) is 5.87. The van der Waals surface area contributed by atoms with Gasteiger partial charge in [-0.25, -0.2) is 0 Å². The van der Waals surface area contributed by atoms with Gasteiger partial charge in [-0.05, 0) is 29.8 Å². The van der Waals surface area contributed by atoms with Crippen molar-refractivity contribution in [1.29, 1.82) is 0 Å². The number of allylic oxidation sites excluding steroid dienone is 1. The van der Waals surface area contributed by atoms with Crippen molar-refractivity contribution in [3.8, 4) is 17.2 Å². The van der Waals surface area contributed by atoms with Gasteiger partial charge in [0.25, 0.3) is 0 Å². The number of Topliss-reactive ketones (excluding diaryl/α,β-unsaturated/α-hetero) is 1. The minimum Gasteiger partial charge on any atom is -0.508 e. The average Bonchev–Trinajstić information content (AvgIpc) is 2.74. The summed E-state index contributed by atoms with van der Waals surface area (Å²) < 4.78 is 11.3. The van der Waals surface area contributed by atoms with Crippen molar-refractivity contribution in [2.45, 2.75) is 12.8 Å². The molecule has 0 unspecified atom stereocenters. The normalized spacial score (nSPS) is 17.7. The molecule has 5 heteroatoms. The number of hydrogen-bond acceptors (Lipinski definition) is 4. The van der Waals surface area contributed by atoms with Gasteiger partial charge in [0.2, 0.25) is 0 Å². The van der Waals surface area contributed by atoms with E-state index >= 15 is 0 Å². The van der Waals surface area contributed by atoms with Gasteiger partial charge in [-0.3, -0.25) is 4.79 Å². The van der Waals surface area contributed by atoms with Gasteiger partial charge >= 0.3 is 0 Å². The van der Waals surface area contributed by atoms with E-state index < -0.39 is 0 Å². The number of hydrogen-bond donors (Lipinski definition) is 1. The number of phenolic OH excluding ortho intramolecular Hbond substituents is 1. The molecule has 0 radical (unpaired) electrons. The predicted octanol–water partition coefficient (Wildman–Crippen LogP) is 4.03.